The van der Waals surface area contributed by atoms with Gasteiger partial charge in [0.15, 0.2) is 0 Å². The van der Waals surface area contributed by atoms with Crippen LogP contribution in [0.4, 0.5) is 0 Å². The molecule has 1 aromatic carbocycles. The summed E-state index contributed by atoms with van der Waals surface area (Å²) in [5, 5.41) is 14.5. The fourth-order valence-electron chi connectivity index (χ4n) is 3.40. The van der Waals surface area contributed by atoms with Gasteiger partial charge in [0.1, 0.15) is 17.5 Å². The molecule has 2 heterocycles. The average molecular weight is 391 g/mol. The van der Waals surface area contributed by atoms with E-state index in [0.717, 1.165) is 5.56 Å². The monoisotopic (exact) mass is 391 g/mol. The van der Waals surface area contributed by atoms with E-state index in [9.17, 15) is 14.4 Å². The number of carbonyl (C=O) groups is 3. The number of hydrogen-bond donors (Lipinski definition) is 3. The van der Waals surface area contributed by atoms with Crippen LogP contribution in [0.2, 0.25) is 0 Å². The van der Waals surface area contributed by atoms with Crippen molar-refractivity contribution in [2.45, 2.75) is 44.3 Å². The van der Waals surface area contributed by atoms with E-state index in [1.54, 1.807) is 29.7 Å². The lowest BCUT2D eigenvalue weighted by molar-refractivity contribution is -0.132. The van der Waals surface area contributed by atoms with Crippen molar-refractivity contribution in [2.24, 2.45) is 5.92 Å². The van der Waals surface area contributed by atoms with Crippen LogP contribution in [0, 0.1) is 5.92 Å². The van der Waals surface area contributed by atoms with Gasteiger partial charge in [0.25, 0.3) is 5.91 Å². The van der Waals surface area contributed by atoms with Gasteiger partial charge in [-0.05, 0) is 24.5 Å². The Hall–Kier alpha value is -2.06. The van der Waals surface area contributed by atoms with Crippen molar-refractivity contribution in [1.82, 2.24) is 15.5 Å². The van der Waals surface area contributed by atoms with E-state index in [1.807, 2.05) is 32.0 Å². The van der Waals surface area contributed by atoms with Crippen molar-refractivity contribution in [3.63, 3.8) is 0 Å². The van der Waals surface area contributed by atoms with Gasteiger partial charge in [-0.25, -0.2) is 0 Å². The van der Waals surface area contributed by atoms with Crippen LogP contribution in [0.5, 0.6) is 0 Å². The summed E-state index contributed by atoms with van der Waals surface area (Å²) in [4.78, 5) is 39.7. The number of hydrogen-bond acceptors (Lipinski definition) is 5. The van der Waals surface area contributed by atoms with Gasteiger partial charge in [0.2, 0.25) is 11.8 Å². The van der Waals surface area contributed by atoms with Crippen LogP contribution in [-0.2, 0) is 9.59 Å². The first-order chi connectivity index (χ1) is 12.8. The van der Waals surface area contributed by atoms with Gasteiger partial charge in [0.05, 0.1) is 6.61 Å². The minimum absolute atomic E-state index is 0.129. The summed E-state index contributed by atoms with van der Waals surface area (Å²) < 4.78 is 0. The molecule has 0 aromatic heterocycles. The van der Waals surface area contributed by atoms with Gasteiger partial charge < -0.3 is 20.6 Å². The van der Waals surface area contributed by atoms with Crippen molar-refractivity contribution >= 4 is 29.5 Å². The summed E-state index contributed by atoms with van der Waals surface area (Å²) in [7, 11) is 0. The SMILES string of the molecule is CC(CO)NC(=O)C(NC(=O)C1CSC2c3ccccc3C(=O)N12)C(C)C. The fourth-order valence-corrected chi connectivity index (χ4v) is 4.87. The summed E-state index contributed by atoms with van der Waals surface area (Å²) in [5.41, 5.74) is 1.58. The number of thioether (sulfide) groups is 1. The first-order valence-corrected chi connectivity index (χ1v) is 10.1. The maximum Gasteiger partial charge on any atom is 0.256 e. The lowest BCUT2D eigenvalue weighted by Crippen LogP contribution is -2.56. The first kappa shape index (κ1) is 19.7. The molecule has 0 radical (unpaired) electrons. The van der Waals surface area contributed by atoms with Crippen molar-refractivity contribution in [2.75, 3.05) is 12.4 Å². The highest BCUT2D eigenvalue weighted by Gasteiger charge is 2.48. The number of amides is 3. The fraction of sp³-hybridized carbons (Fsp3) is 0.526. The predicted octanol–water partition coefficient (Wildman–Crippen LogP) is 0.894. The lowest BCUT2D eigenvalue weighted by atomic mass is 10.0. The summed E-state index contributed by atoms with van der Waals surface area (Å²) in [6.45, 7) is 5.20. The quantitative estimate of drug-likeness (QED) is 0.669. The molecule has 3 amide bonds. The molecule has 0 spiro atoms. The molecule has 27 heavy (non-hydrogen) atoms. The normalized spacial score (nSPS) is 23.0. The maximum absolute atomic E-state index is 12.9. The standard InChI is InChI=1S/C19H25N3O4S/c1-10(2)15(17(25)20-11(3)8-23)21-16(24)14-9-27-19-13-7-5-4-6-12(13)18(26)22(14)19/h4-7,10-11,14-15,19,23H,8-9H2,1-3H3,(H,20,25)(H,21,24). The van der Waals surface area contributed by atoms with E-state index in [2.05, 4.69) is 10.6 Å². The second kappa shape index (κ2) is 7.90. The average Bonchev–Trinajstić information content (AvgIpc) is 3.19. The molecule has 2 aliphatic heterocycles. The molecule has 3 rings (SSSR count). The Kier molecular flexibility index (Phi) is 5.76. The number of nitrogens with zero attached hydrogens (tertiary/aromatic N) is 1. The second-order valence-electron chi connectivity index (χ2n) is 7.32. The van der Waals surface area contributed by atoms with Crippen LogP contribution in [0.25, 0.3) is 0 Å². The third-order valence-electron chi connectivity index (χ3n) is 4.90. The predicted molar refractivity (Wildman–Crippen MR) is 103 cm³/mol. The van der Waals surface area contributed by atoms with E-state index in [4.69, 9.17) is 5.11 Å². The molecule has 2 aliphatic rings. The number of aliphatic hydroxyl groups excluding tert-OH is 1. The van der Waals surface area contributed by atoms with Crippen LogP contribution in [0.1, 0.15) is 42.1 Å². The Bertz CT molecular complexity index is 754. The lowest BCUT2D eigenvalue weighted by Gasteiger charge is -2.27. The van der Waals surface area contributed by atoms with Gasteiger partial charge in [-0.1, -0.05) is 32.0 Å². The largest absolute Gasteiger partial charge is 0.394 e. The highest BCUT2D eigenvalue weighted by atomic mass is 32.2. The minimum Gasteiger partial charge on any atom is -0.394 e. The molecule has 7 nitrogen and oxygen atoms in total. The van der Waals surface area contributed by atoms with Crippen molar-refractivity contribution < 1.29 is 19.5 Å². The molecule has 1 fully saturated rings. The summed E-state index contributed by atoms with van der Waals surface area (Å²) >= 11 is 1.56. The molecular formula is C19H25N3O4S. The van der Waals surface area contributed by atoms with Gasteiger partial charge in [-0.2, -0.15) is 0 Å². The van der Waals surface area contributed by atoms with Crippen molar-refractivity contribution in [1.29, 1.82) is 0 Å². The summed E-state index contributed by atoms with van der Waals surface area (Å²) in [6, 6.07) is 5.69. The van der Waals surface area contributed by atoms with Crippen LogP contribution in [0.3, 0.4) is 0 Å². The van der Waals surface area contributed by atoms with E-state index >= 15 is 0 Å². The maximum atomic E-state index is 12.9. The number of fused-ring (bicyclic) bond motifs is 3. The van der Waals surface area contributed by atoms with Crippen LogP contribution >= 0.6 is 11.8 Å². The van der Waals surface area contributed by atoms with E-state index in [0.29, 0.717) is 11.3 Å². The highest BCUT2D eigenvalue weighted by molar-refractivity contribution is 7.99. The molecule has 0 bridgehead atoms. The topological polar surface area (TPSA) is 98.7 Å². The molecule has 4 unspecified atom stereocenters. The molecule has 0 saturated carbocycles. The van der Waals surface area contributed by atoms with Crippen molar-refractivity contribution in [3.05, 3.63) is 35.4 Å². The number of carbonyl (C=O) groups excluding carboxylic acids is 3. The second-order valence-corrected chi connectivity index (χ2v) is 8.44. The smallest absolute Gasteiger partial charge is 0.256 e. The Labute approximate surface area is 162 Å². The highest BCUT2D eigenvalue weighted by Crippen LogP contribution is 2.48. The zero-order chi connectivity index (χ0) is 19.7. The molecule has 0 aliphatic carbocycles. The van der Waals surface area contributed by atoms with Crippen LogP contribution in [0.15, 0.2) is 24.3 Å². The first-order valence-electron chi connectivity index (χ1n) is 9.10. The molecular weight excluding hydrogens is 366 g/mol. The Balaban J connectivity index is 1.73. The molecule has 4 atom stereocenters. The van der Waals surface area contributed by atoms with Crippen LogP contribution in [-0.4, -0.2) is 58.2 Å². The van der Waals surface area contributed by atoms with Gasteiger partial charge >= 0.3 is 0 Å². The Morgan fingerprint density at radius 3 is 2.63 bits per heavy atom. The van der Waals surface area contributed by atoms with Crippen molar-refractivity contribution in [3.8, 4) is 0 Å². The summed E-state index contributed by atoms with van der Waals surface area (Å²) in [6.07, 6.45) is 0. The zero-order valence-corrected chi connectivity index (χ0v) is 16.5. The molecule has 146 valence electrons. The third kappa shape index (κ3) is 3.68. The van der Waals surface area contributed by atoms with Gasteiger partial charge in [-0.3, -0.25) is 14.4 Å². The number of rotatable bonds is 6. The molecule has 1 saturated heterocycles. The Morgan fingerprint density at radius 2 is 1.96 bits per heavy atom. The van der Waals surface area contributed by atoms with Gasteiger partial charge in [0, 0.05) is 17.4 Å². The number of nitrogens with one attached hydrogen (secondary N) is 2. The minimum atomic E-state index is -0.726. The molecule has 3 N–H and O–H groups in total. The molecule has 1 aromatic rings. The van der Waals surface area contributed by atoms with Gasteiger partial charge in [-0.15, -0.1) is 11.8 Å². The van der Waals surface area contributed by atoms with E-state index in [1.165, 1.54) is 0 Å². The third-order valence-corrected chi connectivity index (χ3v) is 6.21. The van der Waals surface area contributed by atoms with E-state index in [-0.39, 0.29) is 35.6 Å². The van der Waals surface area contributed by atoms with E-state index < -0.39 is 18.1 Å². The zero-order valence-electron chi connectivity index (χ0n) is 15.6. The molecule has 8 heteroatoms. The Morgan fingerprint density at radius 1 is 1.26 bits per heavy atom. The van der Waals surface area contributed by atoms with Crippen LogP contribution < -0.4 is 10.6 Å². The number of aliphatic hydroxyl groups is 1. The number of benzene rings is 1. The summed E-state index contributed by atoms with van der Waals surface area (Å²) in [5.74, 6) is -0.429.